The third-order valence-electron chi connectivity index (χ3n) is 2.22. The summed E-state index contributed by atoms with van der Waals surface area (Å²) in [7, 11) is 0. The largest absolute Gasteiger partial charge is 0.481 e. The summed E-state index contributed by atoms with van der Waals surface area (Å²) in [5.74, 6) is -9.02. The Morgan fingerprint density at radius 2 is 1.60 bits per heavy atom. The molecule has 9 heteroatoms. The molecule has 1 amide bonds. The van der Waals surface area contributed by atoms with Gasteiger partial charge in [-0.1, -0.05) is 0 Å². The van der Waals surface area contributed by atoms with Crippen LogP contribution < -0.4 is 5.32 Å². The molecular weight excluding hydrogens is 283 g/mol. The lowest BCUT2D eigenvalue weighted by Gasteiger charge is -2.13. The second kappa shape index (κ2) is 6.04. The number of aliphatic carboxylic acids is 2. The fourth-order valence-corrected chi connectivity index (χ4v) is 1.36. The van der Waals surface area contributed by atoms with Crippen molar-refractivity contribution in [2.75, 3.05) is 0 Å². The van der Waals surface area contributed by atoms with Crippen molar-refractivity contribution in [2.45, 2.75) is 12.5 Å². The molecule has 20 heavy (non-hydrogen) atoms. The topological polar surface area (TPSA) is 104 Å². The van der Waals surface area contributed by atoms with Crippen LogP contribution in [0.2, 0.25) is 0 Å². The van der Waals surface area contributed by atoms with Crippen LogP contribution >= 0.6 is 0 Å². The molecule has 0 aliphatic carbocycles. The average Bonchev–Trinajstić information content (AvgIpc) is 2.25. The summed E-state index contributed by atoms with van der Waals surface area (Å²) in [6.45, 7) is 0. The van der Waals surface area contributed by atoms with Crippen LogP contribution in [-0.2, 0) is 9.59 Å². The first-order chi connectivity index (χ1) is 9.22. The lowest BCUT2D eigenvalue weighted by atomic mass is 10.1. The van der Waals surface area contributed by atoms with E-state index in [0.717, 1.165) is 0 Å². The lowest BCUT2D eigenvalue weighted by Crippen LogP contribution is -2.42. The van der Waals surface area contributed by atoms with Gasteiger partial charge >= 0.3 is 11.9 Å². The number of hydrogen-bond acceptors (Lipinski definition) is 3. The quantitative estimate of drug-likeness (QED) is 0.743. The molecule has 1 aromatic carbocycles. The van der Waals surface area contributed by atoms with Crippen LogP contribution in [0.1, 0.15) is 16.8 Å². The highest BCUT2D eigenvalue weighted by molar-refractivity contribution is 5.97. The number of hydrogen-bond donors (Lipinski definition) is 3. The van der Waals surface area contributed by atoms with E-state index in [1.54, 1.807) is 5.32 Å². The molecule has 0 aromatic heterocycles. The van der Waals surface area contributed by atoms with E-state index in [0.29, 0.717) is 0 Å². The van der Waals surface area contributed by atoms with Crippen LogP contribution in [0.3, 0.4) is 0 Å². The van der Waals surface area contributed by atoms with Crippen LogP contribution in [0.4, 0.5) is 13.2 Å². The van der Waals surface area contributed by atoms with Gasteiger partial charge in [0.1, 0.15) is 29.1 Å². The lowest BCUT2D eigenvalue weighted by molar-refractivity contribution is -0.145. The predicted molar refractivity (Wildman–Crippen MR) is 57.5 cm³/mol. The highest BCUT2D eigenvalue weighted by Gasteiger charge is 2.26. The number of carboxylic acid groups (broad SMARTS) is 2. The maximum atomic E-state index is 13.3. The van der Waals surface area contributed by atoms with Gasteiger partial charge in [0.25, 0.3) is 5.91 Å². The maximum absolute atomic E-state index is 13.3. The molecule has 0 bridgehead atoms. The van der Waals surface area contributed by atoms with Gasteiger partial charge < -0.3 is 15.5 Å². The molecule has 0 saturated carbocycles. The summed E-state index contributed by atoms with van der Waals surface area (Å²) in [4.78, 5) is 32.6. The van der Waals surface area contributed by atoms with E-state index in [2.05, 4.69) is 0 Å². The Morgan fingerprint density at radius 1 is 1.10 bits per heavy atom. The van der Waals surface area contributed by atoms with E-state index in [1.807, 2.05) is 0 Å². The maximum Gasteiger partial charge on any atom is 0.326 e. The Hall–Kier alpha value is -2.58. The van der Waals surface area contributed by atoms with Crippen molar-refractivity contribution in [3.63, 3.8) is 0 Å². The zero-order valence-electron chi connectivity index (χ0n) is 9.69. The summed E-state index contributed by atoms with van der Waals surface area (Å²) in [6.07, 6.45) is -0.981. The molecule has 6 nitrogen and oxygen atoms in total. The standard InChI is InChI=1S/C11H8F3NO5/c12-4-1-5(13)9(6(14)2-4)10(18)15-7(11(19)20)3-8(16)17/h1-2,7H,3H2,(H,15,18)(H,16,17)(H,19,20)/t7-/m0/s1. The van der Waals surface area contributed by atoms with E-state index in [-0.39, 0.29) is 12.1 Å². The molecule has 0 heterocycles. The molecular formula is C11H8F3NO5. The second-order valence-electron chi connectivity index (χ2n) is 3.71. The highest BCUT2D eigenvalue weighted by Crippen LogP contribution is 2.15. The molecule has 1 atom stereocenters. The normalized spacial score (nSPS) is 11.8. The summed E-state index contributed by atoms with van der Waals surface area (Å²) < 4.78 is 39.2. The van der Waals surface area contributed by atoms with Crippen molar-refractivity contribution >= 4 is 17.8 Å². The average molecular weight is 291 g/mol. The van der Waals surface area contributed by atoms with E-state index in [1.165, 1.54) is 0 Å². The van der Waals surface area contributed by atoms with Gasteiger partial charge in [0.15, 0.2) is 0 Å². The predicted octanol–water partition coefficient (Wildman–Crippen LogP) is 0.762. The molecule has 0 fully saturated rings. The zero-order chi connectivity index (χ0) is 15.4. The second-order valence-corrected chi connectivity index (χ2v) is 3.71. The minimum Gasteiger partial charge on any atom is -0.481 e. The number of amides is 1. The first kappa shape index (κ1) is 15.5. The Kier molecular flexibility index (Phi) is 4.68. The number of carbonyl (C=O) groups is 3. The Bertz CT molecular complexity index is 552. The van der Waals surface area contributed by atoms with Gasteiger partial charge in [0.05, 0.1) is 6.42 Å². The number of halogens is 3. The molecule has 0 radical (unpaired) electrons. The van der Waals surface area contributed by atoms with Gasteiger partial charge in [-0.2, -0.15) is 0 Å². The molecule has 1 aromatic rings. The van der Waals surface area contributed by atoms with Gasteiger partial charge in [-0.15, -0.1) is 0 Å². The van der Waals surface area contributed by atoms with E-state index < -0.39 is 53.3 Å². The molecule has 108 valence electrons. The summed E-state index contributed by atoms with van der Waals surface area (Å²) in [5, 5.41) is 18.8. The van der Waals surface area contributed by atoms with Crippen molar-refractivity contribution < 1.29 is 37.8 Å². The van der Waals surface area contributed by atoms with Crippen LogP contribution in [0.5, 0.6) is 0 Å². The van der Waals surface area contributed by atoms with Crippen LogP contribution in [0.25, 0.3) is 0 Å². The number of carboxylic acids is 2. The molecule has 0 aliphatic heterocycles. The van der Waals surface area contributed by atoms with Gasteiger partial charge in [0.2, 0.25) is 0 Å². The monoisotopic (exact) mass is 291 g/mol. The third-order valence-corrected chi connectivity index (χ3v) is 2.22. The number of benzene rings is 1. The molecule has 3 N–H and O–H groups in total. The Balaban J connectivity index is 3.01. The van der Waals surface area contributed by atoms with E-state index in [9.17, 15) is 27.6 Å². The van der Waals surface area contributed by atoms with Crippen LogP contribution in [0, 0.1) is 17.5 Å². The summed E-state index contributed by atoms with van der Waals surface area (Å²) in [6, 6.07) is -1.39. The fourth-order valence-electron chi connectivity index (χ4n) is 1.36. The highest BCUT2D eigenvalue weighted by atomic mass is 19.1. The van der Waals surface area contributed by atoms with Crippen molar-refractivity contribution in [1.82, 2.24) is 5.32 Å². The third kappa shape index (κ3) is 3.70. The van der Waals surface area contributed by atoms with Crippen molar-refractivity contribution in [3.8, 4) is 0 Å². The zero-order valence-corrected chi connectivity index (χ0v) is 9.69. The first-order valence-corrected chi connectivity index (χ1v) is 5.12. The van der Waals surface area contributed by atoms with E-state index >= 15 is 0 Å². The minimum atomic E-state index is -1.87. The van der Waals surface area contributed by atoms with Gasteiger partial charge in [-0.3, -0.25) is 9.59 Å². The summed E-state index contributed by atoms with van der Waals surface area (Å²) >= 11 is 0. The van der Waals surface area contributed by atoms with Crippen molar-refractivity contribution in [3.05, 3.63) is 35.1 Å². The van der Waals surface area contributed by atoms with Crippen molar-refractivity contribution in [2.24, 2.45) is 0 Å². The van der Waals surface area contributed by atoms with Crippen LogP contribution in [-0.4, -0.2) is 34.1 Å². The van der Waals surface area contributed by atoms with E-state index in [4.69, 9.17) is 10.2 Å². The van der Waals surface area contributed by atoms with Gasteiger partial charge in [-0.25, -0.2) is 18.0 Å². The Labute approximate surface area is 109 Å². The van der Waals surface area contributed by atoms with Gasteiger partial charge in [-0.05, 0) is 0 Å². The number of rotatable bonds is 5. The minimum absolute atomic E-state index is 0.241. The molecule has 0 unspecified atom stereocenters. The smallest absolute Gasteiger partial charge is 0.326 e. The number of carbonyl (C=O) groups excluding carboxylic acids is 1. The molecule has 0 aliphatic rings. The molecule has 0 saturated heterocycles. The summed E-state index contributed by atoms with van der Waals surface area (Å²) in [5.41, 5.74) is -1.19. The molecule has 1 rings (SSSR count). The van der Waals surface area contributed by atoms with Crippen LogP contribution in [0.15, 0.2) is 12.1 Å². The molecule has 0 spiro atoms. The Morgan fingerprint density at radius 3 is 2.00 bits per heavy atom. The van der Waals surface area contributed by atoms with Crippen molar-refractivity contribution in [1.29, 1.82) is 0 Å². The fraction of sp³-hybridized carbons (Fsp3) is 0.182. The number of nitrogens with one attached hydrogen (secondary N) is 1. The first-order valence-electron chi connectivity index (χ1n) is 5.12. The SMILES string of the molecule is O=C(O)C[C@H](NC(=O)c1c(F)cc(F)cc1F)C(=O)O. The van der Waals surface area contributed by atoms with Gasteiger partial charge in [0, 0.05) is 12.1 Å².